The number of benzene rings is 1. The number of nitrogens with zero attached hydrogens (tertiary/aromatic N) is 3. The van der Waals surface area contributed by atoms with Crippen LogP contribution in [0.2, 0.25) is 0 Å². The Balaban J connectivity index is 1.49. The summed E-state index contributed by atoms with van der Waals surface area (Å²) in [5.74, 6) is 0.847. The van der Waals surface area contributed by atoms with Crippen LogP contribution >= 0.6 is 0 Å². The van der Waals surface area contributed by atoms with Crippen LogP contribution in [0.5, 0.6) is 5.75 Å². The molecule has 0 radical (unpaired) electrons. The topological polar surface area (TPSA) is 48.8 Å². The summed E-state index contributed by atoms with van der Waals surface area (Å²) in [7, 11) is 4.21. The van der Waals surface area contributed by atoms with E-state index in [0.717, 1.165) is 30.1 Å². The molecule has 0 bridgehead atoms. The first kappa shape index (κ1) is 21.8. The van der Waals surface area contributed by atoms with Crippen molar-refractivity contribution in [3.8, 4) is 5.75 Å². The Morgan fingerprint density at radius 1 is 1.03 bits per heavy atom. The molecule has 1 aliphatic carbocycles. The number of aromatic nitrogens is 1. The third-order valence-corrected chi connectivity index (χ3v) is 5.70. The van der Waals surface area contributed by atoms with Gasteiger partial charge in [-0.05, 0) is 45.1 Å². The van der Waals surface area contributed by atoms with Crippen LogP contribution < -0.4 is 4.74 Å². The summed E-state index contributed by atoms with van der Waals surface area (Å²) in [5, 5.41) is 10.5. The van der Waals surface area contributed by atoms with Crippen molar-refractivity contribution in [2.24, 2.45) is 0 Å². The molecular weight excluding hydrogens is 362 g/mol. The molecule has 158 valence electrons. The average molecular weight is 398 g/mol. The minimum absolute atomic E-state index is 0.317. The van der Waals surface area contributed by atoms with Gasteiger partial charge in [0.05, 0.1) is 5.69 Å². The Morgan fingerprint density at radius 3 is 2.55 bits per heavy atom. The van der Waals surface area contributed by atoms with Gasteiger partial charge in [-0.25, -0.2) is 0 Å². The van der Waals surface area contributed by atoms with Crippen molar-refractivity contribution in [1.82, 2.24) is 14.8 Å². The molecule has 5 heteroatoms. The van der Waals surface area contributed by atoms with Crippen LogP contribution in [0.15, 0.2) is 48.7 Å². The van der Waals surface area contributed by atoms with Gasteiger partial charge in [-0.3, -0.25) is 9.88 Å². The van der Waals surface area contributed by atoms with E-state index in [2.05, 4.69) is 34.9 Å². The Labute approximate surface area is 175 Å². The van der Waals surface area contributed by atoms with E-state index in [4.69, 9.17) is 4.74 Å². The van der Waals surface area contributed by atoms with E-state index in [1.807, 2.05) is 42.6 Å². The quantitative estimate of drug-likeness (QED) is 0.662. The number of hydrogen-bond donors (Lipinski definition) is 1. The summed E-state index contributed by atoms with van der Waals surface area (Å²) in [5.41, 5.74) is 2.17. The van der Waals surface area contributed by atoms with E-state index in [1.54, 1.807) is 0 Å². The zero-order valence-electron chi connectivity index (χ0n) is 17.8. The molecule has 29 heavy (non-hydrogen) atoms. The maximum atomic E-state index is 10.5. The number of aliphatic hydroxyl groups excluding tert-OH is 1. The van der Waals surface area contributed by atoms with Gasteiger partial charge in [0.25, 0.3) is 0 Å². The highest BCUT2D eigenvalue weighted by molar-refractivity contribution is 5.33. The van der Waals surface area contributed by atoms with Gasteiger partial charge in [0.1, 0.15) is 18.5 Å². The molecule has 1 atom stereocenters. The number of rotatable bonds is 10. The third-order valence-electron chi connectivity index (χ3n) is 5.70. The lowest BCUT2D eigenvalue weighted by molar-refractivity contribution is 0.0556. The van der Waals surface area contributed by atoms with Gasteiger partial charge in [0.2, 0.25) is 0 Å². The predicted molar refractivity (Wildman–Crippen MR) is 117 cm³/mol. The highest BCUT2D eigenvalue weighted by Gasteiger charge is 2.20. The lowest BCUT2D eigenvalue weighted by Crippen LogP contribution is -2.40. The van der Waals surface area contributed by atoms with Gasteiger partial charge in [0.15, 0.2) is 0 Å². The molecule has 1 heterocycles. The molecule has 1 aromatic carbocycles. The van der Waals surface area contributed by atoms with Gasteiger partial charge < -0.3 is 14.7 Å². The minimum Gasteiger partial charge on any atom is -0.491 e. The highest BCUT2D eigenvalue weighted by atomic mass is 16.5. The van der Waals surface area contributed by atoms with Crippen molar-refractivity contribution in [3.05, 3.63) is 59.9 Å². The van der Waals surface area contributed by atoms with E-state index in [-0.39, 0.29) is 0 Å². The first-order valence-electron chi connectivity index (χ1n) is 10.8. The normalized spacial score (nSPS) is 16.3. The fourth-order valence-electron chi connectivity index (χ4n) is 4.13. The molecular formula is C24H35N3O2. The molecule has 2 aromatic rings. The maximum absolute atomic E-state index is 10.5. The molecule has 1 aromatic heterocycles. The summed E-state index contributed by atoms with van der Waals surface area (Å²) in [6.07, 6.45) is 7.79. The van der Waals surface area contributed by atoms with Crippen molar-refractivity contribution in [2.75, 3.05) is 27.2 Å². The number of pyridine rings is 1. The molecule has 0 amide bonds. The van der Waals surface area contributed by atoms with Crippen molar-refractivity contribution in [1.29, 1.82) is 0 Å². The maximum Gasteiger partial charge on any atom is 0.123 e. The van der Waals surface area contributed by atoms with E-state index in [9.17, 15) is 5.11 Å². The van der Waals surface area contributed by atoms with Crippen LogP contribution in [0.4, 0.5) is 0 Å². The summed E-state index contributed by atoms with van der Waals surface area (Å²) in [4.78, 5) is 8.92. The predicted octanol–water partition coefficient (Wildman–Crippen LogP) is 3.72. The van der Waals surface area contributed by atoms with Crippen molar-refractivity contribution >= 4 is 0 Å². The van der Waals surface area contributed by atoms with E-state index < -0.39 is 6.10 Å². The fraction of sp³-hybridized carbons (Fsp3) is 0.542. The Bertz CT molecular complexity index is 719. The van der Waals surface area contributed by atoms with E-state index in [0.29, 0.717) is 19.2 Å². The van der Waals surface area contributed by atoms with E-state index in [1.165, 1.54) is 32.1 Å². The molecule has 1 saturated carbocycles. The molecule has 1 fully saturated rings. The van der Waals surface area contributed by atoms with Crippen molar-refractivity contribution in [2.45, 2.75) is 57.3 Å². The minimum atomic E-state index is -0.485. The third kappa shape index (κ3) is 7.11. The molecule has 0 saturated heterocycles. The van der Waals surface area contributed by atoms with Crippen LogP contribution in [0, 0.1) is 0 Å². The number of ether oxygens (including phenoxy) is 1. The average Bonchev–Trinajstić information content (AvgIpc) is 2.74. The molecule has 3 rings (SSSR count). The zero-order valence-corrected chi connectivity index (χ0v) is 17.8. The fourth-order valence-corrected chi connectivity index (χ4v) is 4.13. The van der Waals surface area contributed by atoms with Crippen LogP contribution in [0.25, 0.3) is 0 Å². The number of likely N-dealkylation sites (N-methyl/N-ethyl adjacent to an activating group) is 1. The first-order chi connectivity index (χ1) is 14.1. The Kier molecular flexibility index (Phi) is 8.47. The monoisotopic (exact) mass is 397 g/mol. The van der Waals surface area contributed by atoms with Crippen molar-refractivity contribution < 1.29 is 9.84 Å². The standard InChI is InChI=1S/C24H35N3O2/c1-26(17-21-11-8-9-15-25-21)16-20-10-6-7-14-24(20)29-19-23(28)18-27(2)22-12-4-3-5-13-22/h6-11,14-15,22-23,28H,3-5,12-13,16-19H2,1-2H3/t23-/m0/s1. The van der Waals surface area contributed by atoms with Crippen molar-refractivity contribution in [3.63, 3.8) is 0 Å². The Hall–Kier alpha value is -1.95. The summed E-state index contributed by atoms with van der Waals surface area (Å²) in [6.45, 7) is 2.53. The number of para-hydroxylation sites is 1. The second-order valence-corrected chi connectivity index (χ2v) is 8.30. The second-order valence-electron chi connectivity index (χ2n) is 8.30. The largest absolute Gasteiger partial charge is 0.491 e. The second kappa shape index (κ2) is 11.3. The molecule has 0 aliphatic heterocycles. The summed E-state index contributed by atoms with van der Waals surface area (Å²) < 4.78 is 6.02. The summed E-state index contributed by atoms with van der Waals surface area (Å²) >= 11 is 0. The van der Waals surface area contributed by atoms with Gasteiger partial charge in [0, 0.05) is 37.4 Å². The molecule has 0 unspecified atom stereocenters. The van der Waals surface area contributed by atoms with Gasteiger partial charge in [-0.2, -0.15) is 0 Å². The Morgan fingerprint density at radius 2 is 1.79 bits per heavy atom. The first-order valence-corrected chi connectivity index (χ1v) is 10.8. The molecule has 1 aliphatic rings. The lowest BCUT2D eigenvalue weighted by Gasteiger charge is -2.32. The number of aliphatic hydroxyl groups is 1. The van der Waals surface area contributed by atoms with Crippen LogP contribution in [0.3, 0.4) is 0 Å². The summed E-state index contributed by atoms with van der Waals surface area (Å²) in [6, 6.07) is 14.7. The van der Waals surface area contributed by atoms with Gasteiger partial charge in [-0.1, -0.05) is 43.5 Å². The smallest absolute Gasteiger partial charge is 0.123 e. The number of hydrogen-bond acceptors (Lipinski definition) is 5. The highest BCUT2D eigenvalue weighted by Crippen LogP contribution is 2.23. The zero-order chi connectivity index (χ0) is 20.5. The van der Waals surface area contributed by atoms with Crippen LogP contribution in [0.1, 0.15) is 43.4 Å². The van der Waals surface area contributed by atoms with E-state index >= 15 is 0 Å². The van der Waals surface area contributed by atoms with Gasteiger partial charge >= 0.3 is 0 Å². The lowest BCUT2D eigenvalue weighted by atomic mass is 9.94. The molecule has 1 N–H and O–H groups in total. The molecule has 5 nitrogen and oxygen atoms in total. The molecule has 0 spiro atoms. The van der Waals surface area contributed by atoms with Crippen LogP contribution in [-0.4, -0.2) is 59.3 Å². The van der Waals surface area contributed by atoms with Crippen LogP contribution in [-0.2, 0) is 13.1 Å². The van der Waals surface area contributed by atoms with Gasteiger partial charge in [-0.15, -0.1) is 0 Å². The SMILES string of the molecule is CN(Cc1ccccn1)Cc1ccccc1OC[C@@H](O)CN(C)C1CCCCC1.